The molecule has 3 rings (SSSR count). The van der Waals surface area contributed by atoms with Gasteiger partial charge in [-0.3, -0.25) is 4.98 Å². The number of anilines is 1. The van der Waals surface area contributed by atoms with Crippen molar-refractivity contribution in [3.63, 3.8) is 0 Å². The number of hydrogen-bond donors (Lipinski definition) is 0. The largest absolute Gasteiger partial charge is 0.346 e. The molecule has 0 spiro atoms. The molecule has 0 radical (unpaired) electrons. The van der Waals surface area contributed by atoms with Crippen molar-refractivity contribution < 1.29 is 0 Å². The fourth-order valence-corrected chi connectivity index (χ4v) is 2.60. The van der Waals surface area contributed by atoms with Gasteiger partial charge in [0.15, 0.2) is 0 Å². The molecule has 1 fully saturated rings. The molecule has 1 aromatic heterocycles. The molecule has 15 heavy (non-hydrogen) atoms. The summed E-state index contributed by atoms with van der Waals surface area (Å²) in [5.74, 6) is 1.04. The third-order valence-corrected chi connectivity index (χ3v) is 3.34. The van der Waals surface area contributed by atoms with E-state index in [9.17, 15) is 0 Å². The summed E-state index contributed by atoms with van der Waals surface area (Å²) in [6.07, 6.45) is 12.1. The highest BCUT2D eigenvalue weighted by molar-refractivity contribution is 5.44. The molecule has 3 nitrogen and oxygen atoms in total. The van der Waals surface area contributed by atoms with Gasteiger partial charge in [-0.1, -0.05) is 12.2 Å². The van der Waals surface area contributed by atoms with E-state index in [2.05, 4.69) is 27.0 Å². The van der Waals surface area contributed by atoms with Gasteiger partial charge >= 0.3 is 0 Å². The first kappa shape index (κ1) is 8.89. The predicted molar refractivity (Wildman–Crippen MR) is 59.8 cm³/mol. The lowest BCUT2D eigenvalue weighted by Gasteiger charge is -2.32. The Morgan fingerprint density at radius 3 is 2.93 bits per heavy atom. The molecule has 2 bridgehead atoms. The highest BCUT2D eigenvalue weighted by atomic mass is 15.3. The Bertz CT molecular complexity index is 382. The molecule has 2 atom stereocenters. The van der Waals surface area contributed by atoms with E-state index in [0.717, 1.165) is 17.9 Å². The standard InChI is InChI=1S/C12H15N3/c1-9-7-14-12(8-13-9)15-10-3-2-4-11(15)6-5-10/h2-3,7-8,10-11H,4-6H2,1H3. The number of aryl methyl sites for hydroxylation is 1. The molecule has 0 aliphatic carbocycles. The average Bonchev–Trinajstić information content (AvgIpc) is 2.51. The van der Waals surface area contributed by atoms with Crippen LogP contribution in [0.5, 0.6) is 0 Å². The van der Waals surface area contributed by atoms with Crippen molar-refractivity contribution in [1.82, 2.24) is 9.97 Å². The van der Waals surface area contributed by atoms with E-state index in [4.69, 9.17) is 0 Å². The van der Waals surface area contributed by atoms with E-state index in [0.29, 0.717) is 12.1 Å². The van der Waals surface area contributed by atoms with Crippen molar-refractivity contribution in [1.29, 1.82) is 0 Å². The Kier molecular flexibility index (Phi) is 1.97. The second kappa shape index (κ2) is 3.33. The Balaban J connectivity index is 1.94. The summed E-state index contributed by atoms with van der Waals surface area (Å²) in [6.45, 7) is 1.97. The fourth-order valence-electron chi connectivity index (χ4n) is 2.60. The second-order valence-electron chi connectivity index (χ2n) is 4.39. The first-order chi connectivity index (χ1) is 7.34. The summed E-state index contributed by atoms with van der Waals surface area (Å²) in [7, 11) is 0. The maximum atomic E-state index is 4.47. The number of nitrogens with zero attached hydrogens (tertiary/aromatic N) is 3. The van der Waals surface area contributed by atoms with E-state index >= 15 is 0 Å². The van der Waals surface area contributed by atoms with Crippen molar-refractivity contribution in [3.05, 3.63) is 30.2 Å². The summed E-state index contributed by atoms with van der Waals surface area (Å²) < 4.78 is 0. The molecule has 1 aromatic rings. The lowest BCUT2D eigenvalue weighted by Crippen LogP contribution is -2.37. The number of rotatable bonds is 1. The zero-order chi connectivity index (χ0) is 10.3. The van der Waals surface area contributed by atoms with Crippen LogP contribution >= 0.6 is 0 Å². The van der Waals surface area contributed by atoms with E-state index in [1.165, 1.54) is 12.8 Å². The summed E-state index contributed by atoms with van der Waals surface area (Å²) in [4.78, 5) is 11.2. The van der Waals surface area contributed by atoms with Gasteiger partial charge in [-0.2, -0.15) is 0 Å². The molecular formula is C12H15N3. The molecule has 2 aliphatic rings. The van der Waals surface area contributed by atoms with E-state index in [-0.39, 0.29) is 0 Å². The second-order valence-corrected chi connectivity index (χ2v) is 4.39. The molecular weight excluding hydrogens is 186 g/mol. The third kappa shape index (κ3) is 1.42. The first-order valence-electron chi connectivity index (χ1n) is 5.58. The van der Waals surface area contributed by atoms with Gasteiger partial charge in [0.2, 0.25) is 0 Å². The molecule has 0 amide bonds. The van der Waals surface area contributed by atoms with Gasteiger partial charge in [0.25, 0.3) is 0 Å². The van der Waals surface area contributed by atoms with Crippen LogP contribution in [0.15, 0.2) is 24.5 Å². The monoisotopic (exact) mass is 201 g/mol. The van der Waals surface area contributed by atoms with Gasteiger partial charge in [0, 0.05) is 12.1 Å². The number of fused-ring (bicyclic) bond motifs is 2. The predicted octanol–water partition coefficient (Wildman–Crippen LogP) is 2.08. The normalized spacial score (nSPS) is 28.5. The van der Waals surface area contributed by atoms with Crippen LogP contribution in [0, 0.1) is 6.92 Å². The SMILES string of the molecule is Cc1cnc(N2C3C=CCC2CC3)cn1. The minimum Gasteiger partial charge on any atom is -0.346 e. The Morgan fingerprint density at radius 2 is 2.20 bits per heavy atom. The molecule has 2 unspecified atom stereocenters. The first-order valence-corrected chi connectivity index (χ1v) is 5.58. The van der Waals surface area contributed by atoms with Gasteiger partial charge in [-0.15, -0.1) is 0 Å². The minimum absolute atomic E-state index is 0.556. The summed E-state index contributed by atoms with van der Waals surface area (Å²) in [6, 6.07) is 1.21. The van der Waals surface area contributed by atoms with Crippen LogP contribution < -0.4 is 4.90 Å². The molecule has 1 saturated heterocycles. The van der Waals surface area contributed by atoms with E-state index in [1.807, 2.05) is 19.3 Å². The maximum absolute atomic E-state index is 4.47. The van der Waals surface area contributed by atoms with E-state index < -0.39 is 0 Å². The molecule has 3 heterocycles. The van der Waals surface area contributed by atoms with Crippen LogP contribution in [0.4, 0.5) is 5.82 Å². The highest BCUT2D eigenvalue weighted by Gasteiger charge is 2.34. The Hall–Kier alpha value is -1.38. The van der Waals surface area contributed by atoms with Crippen molar-refractivity contribution in [3.8, 4) is 0 Å². The highest BCUT2D eigenvalue weighted by Crippen LogP contribution is 2.34. The fraction of sp³-hybridized carbons (Fsp3) is 0.500. The molecule has 78 valence electrons. The quantitative estimate of drug-likeness (QED) is 0.651. The topological polar surface area (TPSA) is 29.0 Å². The maximum Gasteiger partial charge on any atom is 0.147 e. The van der Waals surface area contributed by atoms with Gasteiger partial charge < -0.3 is 4.90 Å². The van der Waals surface area contributed by atoms with Crippen molar-refractivity contribution in [2.75, 3.05) is 4.90 Å². The minimum atomic E-state index is 0.556. The van der Waals surface area contributed by atoms with Crippen molar-refractivity contribution >= 4 is 5.82 Å². The van der Waals surface area contributed by atoms with Crippen LogP contribution in [0.2, 0.25) is 0 Å². The average molecular weight is 201 g/mol. The number of hydrogen-bond acceptors (Lipinski definition) is 3. The van der Waals surface area contributed by atoms with Crippen molar-refractivity contribution in [2.45, 2.75) is 38.3 Å². The number of aromatic nitrogens is 2. The molecule has 2 aliphatic heterocycles. The zero-order valence-electron chi connectivity index (χ0n) is 8.93. The zero-order valence-corrected chi connectivity index (χ0v) is 8.93. The van der Waals surface area contributed by atoms with Gasteiger partial charge in [0.05, 0.1) is 18.1 Å². The lowest BCUT2D eigenvalue weighted by molar-refractivity contribution is 0.639. The van der Waals surface area contributed by atoms with Crippen LogP contribution in [0.25, 0.3) is 0 Å². The van der Waals surface area contributed by atoms with Gasteiger partial charge in [-0.05, 0) is 26.2 Å². The smallest absolute Gasteiger partial charge is 0.147 e. The van der Waals surface area contributed by atoms with Gasteiger partial charge in [0.1, 0.15) is 5.82 Å². The van der Waals surface area contributed by atoms with Gasteiger partial charge in [-0.25, -0.2) is 4.98 Å². The molecule has 0 N–H and O–H groups in total. The Labute approximate surface area is 89.8 Å². The summed E-state index contributed by atoms with van der Waals surface area (Å²) in [5.41, 5.74) is 0.985. The van der Waals surface area contributed by atoms with Crippen LogP contribution in [0.1, 0.15) is 25.0 Å². The Morgan fingerprint density at radius 1 is 1.27 bits per heavy atom. The van der Waals surface area contributed by atoms with Crippen LogP contribution in [0.3, 0.4) is 0 Å². The van der Waals surface area contributed by atoms with Crippen LogP contribution in [-0.4, -0.2) is 22.1 Å². The lowest BCUT2D eigenvalue weighted by atomic mass is 10.1. The van der Waals surface area contributed by atoms with Crippen molar-refractivity contribution in [2.24, 2.45) is 0 Å². The third-order valence-electron chi connectivity index (χ3n) is 3.34. The molecule has 0 saturated carbocycles. The van der Waals surface area contributed by atoms with E-state index in [1.54, 1.807) is 0 Å². The van der Waals surface area contributed by atoms with Crippen LogP contribution in [-0.2, 0) is 0 Å². The summed E-state index contributed by atoms with van der Waals surface area (Å²) >= 11 is 0. The molecule has 3 heteroatoms. The summed E-state index contributed by atoms with van der Waals surface area (Å²) in [5, 5.41) is 0. The molecule has 0 aromatic carbocycles.